The minimum Gasteiger partial charge on any atom is -0.0598 e. The first-order valence-electron chi connectivity index (χ1n) is 9.80. The van der Waals surface area contributed by atoms with Gasteiger partial charge in [0, 0.05) is 37.4 Å². The van der Waals surface area contributed by atoms with E-state index < -0.39 is 29.5 Å². The van der Waals surface area contributed by atoms with E-state index in [2.05, 4.69) is 88.9 Å². The monoisotopic (exact) mass is 427 g/mol. The topological polar surface area (TPSA) is 0 Å². The van der Waals surface area contributed by atoms with Crippen LogP contribution in [0.25, 0.3) is 0 Å². The minimum absolute atomic E-state index is 0.178. The van der Waals surface area contributed by atoms with Crippen molar-refractivity contribution in [1.82, 2.24) is 0 Å². The molecule has 0 nitrogen and oxygen atoms in total. The van der Waals surface area contributed by atoms with E-state index in [1.165, 1.54) is 17.4 Å². The normalized spacial score (nSPS) is 23.4. The fourth-order valence-electron chi connectivity index (χ4n) is 3.24. The van der Waals surface area contributed by atoms with Gasteiger partial charge in [0.2, 0.25) is 0 Å². The van der Waals surface area contributed by atoms with E-state index in [-0.39, 0.29) is 15.5 Å². The van der Waals surface area contributed by atoms with Gasteiger partial charge in [-0.3, -0.25) is 0 Å². The molecule has 0 aliphatic heterocycles. The molecule has 0 aromatic heterocycles. The summed E-state index contributed by atoms with van der Waals surface area (Å²) >= 11 is 0. The van der Waals surface area contributed by atoms with Crippen molar-refractivity contribution in [3.05, 3.63) is 0 Å². The van der Waals surface area contributed by atoms with Gasteiger partial charge in [-0.1, -0.05) is 6.55 Å². The van der Waals surface area contributed by atoms with Gasteiger partial charge >= 0.3 is 22.7 Å². The van der Waals surface area contributed by atoms with Crippen LogP contribution in [0.15, 0.2) is 0 Å². The summed E-state index contributed by atoms with van der Waals surface area (Å²) in [7, 11) is 14.7. The van der Waals surface area contributed by atoms with Gasteiger partial charge in [-0.2, -0.15) is 0 Å². The number of hydrogen-bond donors (Lipinski definition) is 0. The first-order valence-corrected chi connectivity index (χ1v) is 20.4. The highest BCUT2D eigenvalue weighted by molar-refractivity contribution is 8.03. The van der Waals surface area contributed by atoms with E-state index >= 15 is 0 Å². The molecule has 0 saturated heterocycles. The van der Waals surface area contributed by atoms with Gasteiger partial charge in [0.15, 0.2) is 8.07 Å². The first-order chi connectivity index (χ1) is 10.9. The van der Waals surface area contributed by atoms with Gasteiger partial charge in [-0.15, -0.1) is 0 Å². The molecule has 0 rings (SSSR count). The van der Waals surface area contributed by atoms with Crippen LogP contribution in [0.4, 0.5) is 0 Å². The van der Waals surface area contributed by atoms with Crippen LogP contribution in [0.3, 0.4) is 0 Å². The fourth-order valence-corrected chi connectivity index (χ4v) is 31.9. The van der Waals surface area contributed by atoms with Gasteiger partial charge in [-0.25, -0.2) is 0 Å². The highest BCUT2D eigenvalue weighted by atomic mass is 31.2. The Kier molecular flexibility index (Phi) is 8.62. The van der Waals surface area contributed by atoms with Gasteiger partial charge in [0.05, 0.1) is 15.5 Å². The molecule has 0 amide bonds. The van der Waals surface area contributed by atoms with E-state index in [0.717, 1.165) is 0 Å². The summed E-state index contributed by atoms with van der Waals surface area (Å²) in [4.78, 5) is 0. The maximum atomic E-state index is 7.02. The fraction of sp³-hybridized carbons (Fsp3) is 1.00. The van der Waals surface area contributed by atoms with Crippen molar-refractivity contribution < 1.29 is 0 Å². The lowest BCUT2D eigenvalue weighted by Crippen LogP contribution is -2.51. The Bertz CT molecular complexity index is 414. The molecule has 3 unspecified atom stereocenters. The third kappa shape index (κ3) is 7.19. The van der Waals surface area contributed by atoms with E-state index in [1.807, 2.05) is 0 Å². The minimum atomic E-state index is -1.71. The summed E-state index contributed by atoms with van der Waals surface area (Å²) in [6, 6.07) is 0. The summed E-state index contributed by atoms with van der Waals surface area (Å²) in [5.41, 5.74) is 0. The Morgan fingerprint density at radius 1 is 0.538 bits per heavy atom. The van der Waals surface area contributed by atoms with Crippen LogP contribution in [-0.4, -0.2) is 83.6 Å². The Morgan fingerprint density at radius 2 is 0.692 bits per heavy atom. The summed E-state index contributed by atoms with van der Waals surface area (Å²) in [6.07, 6.45) is 0. The molecule has 0 saturated carbocycles. The molecule has 0 aliphatic rings. The average Bonchev–Trinajstić information content (AvgIpc) is 2.19. The van der Waals surface area contributed by atoms with E-state index in [9.17, 15) is 0 Å². The van der Waals surface area contributed by atoms with Crippen molar-refractivity contribution in [2.24, 2.45) is 0 Å². The third-order valence-electron chi connectivity index (χ3n) is 6.73. The zero-order valence-corrected chi connectivity index (χ0v) is 23.9. The molecule has 0 heterocycles. The highest BCUT2D eigenvalue weighted by Crippen LogP contribution is 2.70. The van der Waals surface area contributed by atoms with Crippen molar-refractivity contribution in [2.45, 2.75) is 84.3 Å². The predicted molar refractivity (Wildman–Crippen MR) is 141 cm³/mol. The Labute approximate surface area is 173 Å². The molecule has 0 aromatic rings. The molecular formula is C19H45B3P3Si+3. The molecule has 0 fully saturated rings. The Balaban J connectivity index is 6.05. The molecule has 3 atom stereocenters. The van der Waals surface area contributed by atoms with Gasteiger partial charge in [-0.05, 0) is 83.7 Å². The average molecular weight is 427 g/mol. The van der Waals surface area contributed by atoms with Crippen LogP contribution in [0.1, 0.15) is 62.3 Å². The van der Waals surface area contributed by atoms with E-state index in [4.69, 9.17) is 22.7 Å². The Morgan fingerprint density at radius 3 is 0.808 bits per heavy atom. The molecule has 0 N–H and O–H groups in total. The molecule has 0 spiro atoms. The first kappa shape index (κ1) is 27.7. The summed E-state index contributed by atoms with van der Waals surface area (Å²) < 4.78 is 0. The van der Waals surface area contributed by atoms with Gasteiger partial charge < -0.3 is 0 Å². The third-order valence-corrected chi connectivity index (χ3v) is 33.0. The maximum Gasteiger partial charge on any atom is 0.364 e. The molecule has 6 radical (unpaired) electrons. The highest BCUT2D eigenvalue weighted by Gasteiger charge is 2.57. The largest absolute Gasteiger partial charge is 0.364 e. The summed E-state index contributed by atoms with van der Waals surface area (Å²) in [5.74, 6) is 3.61. The zero-order valence-electron chi connectivity index (χ0n) is 20.2. The van der Waals surface area contributed by atoms with Crippen LogP contribution in [0, 0.1) is 0 Å². The van der Waals surface area contributed by atoms with Crippen molar-refractivity contribution in [3.63, 3.8) is 0 Å². The van der Waals surface area contributed by atoms with Crippen LogP contribution in [-0.2, 0) is 0 Å². The second-order valence-electron chi connectivity index (χ2n) is 12.6. The molecule has 0 bridgehead atoms. The lowest BCUT2D eigenvalue weighted by atomic mass is 10.3. The SMILES string of the molecule is [B][P+](C)(C[Si](C)(C[P+]([B])(C)C(C)(C)C)C[P+]([B])(C)C(C)(C)C)C(C)(C)C. The Hall–Kier alpha value is 1.70. The number of rotatable bonds is 6. The molecule has 26 heavy (non-hydrogen) atoms. The van der Waals surface area contributed by atoms with Crippen LogP contribution in [0.5, 0.6) is 0 Å². The van der Waals surface area contributed by atoms with Crippen LogP contribution < -0.4 is 0 Å². The second-order valence-corrected chi connectivity index (χ2v) is 31.6. The van der Waals surface area contributed by atoms with Crippen LogP contribution in [0.2, 0.25) is 6.55 Å². The number of hydrogen-bond acceptors (Lipinski definition) is 0. The van der Waals surface area contributed by atoms with E-state index in [0.29, 0.717) is 0 Å². The van der Waals surface area contributed by atoms with Crippen molar-refractivity contribution >= 4 is 52.2 Å². The molecule has 0 aliphatic carbocycles. The van der Waals surface area contributed by atoms with Crippen molar-refractivity contribution in [3.8, 4) is 0 Å². The molecule has 0 aromatic carbocycles. The standard InChI is InChI=1S/C19H45B3P3Si/c1-17(2,3)23(10,20)14-26(13,15-24(11,21)18(4,5)6)16-25(12,22)19(7,8)9/h14-16H2,1-13H3/q+3. The second kappa shape index (κ2) is 8.09. The van der Waals surface area contributed by atoms with Crippen molar-refractivity contribution in [2.75, 3.05) is 37.4 Å². The zero-order chi connectivity index (χ0) is 21.6. The van der Waals surface area contributed by atoms with Crippen LogP contribution >= 0.6 is 21.4 Å². The predicted octanol–water partition coefficient (Wildman–Crippen LogP) is 6.27. The maximum absolute atomic E-state index is 7.02. The van der Waals surface area contributed by atoms with Gasteiger partial charge in [0.25, 0.3) is 0 Å². The smallest absolute Gasteiger partial charge is 0.0598 e. The van der Waals surface area contributed by atoms with Crippen molar-refractivity contribution in [1.29, 1.82) is 0 Å². The molecule has 7 heteroatoms. The molecule has 146 valence electrons. The quantitative estimate of drug-likeness (QED) is 0.346. The summed E-state index contributed by atoms with van der Waals surface area (Å²) in [6.45, 7) is 30.5. The van der Waals surface area contributed by atoms with E-state index in [1.54, 1.807) is 0 Å². The summed E-state index contributed by atoms with van der Waals surface area (Å²) in [5, 5.41) is 0.535. The lowest BCUT2D eigenvalue weighted by molar-refractivity contribution is 0.779. The van der Waals surface area contributed by atoms with Gasteiger partial charge in [0.1, 0.15) is 0 Å². The molecular weight excluding hydrogens is 382 g/mol. The lowest BCUT2D eigenvalue weighted by Gasteiger charge is -2.45.